The molecule has 2 N–H and O–H groups in total. The van der Waals surface area contributed by atoms with Gasteiger partial charge in [0.2, 0.25) is 0 Å². The van der Waals surface area contributed by atoms with E-state index >= 15 is 0 Å². The number of nitrogens with two attached hydrogens (primary N) is 1. The van der Waals surface area contributed by atoms with Crippen LogP contribution in [0.2, 0.25) is 0 Å². The Bertz CT molecular complexity index is 347. The minimum atomic E-state index is 0.466. The molecule has 16 heavy (non-hydrogen) atoms. The van der Waals surface area contributed by atoms with E-state index in [-0.39, 0.29) is 0 Å². The molecule has 86 valence electrons. The van der Waals surface area contributed by atoms with Crippen molar-refractivity contribution in [3.05, 3.63) is 24.5 Å². The molecule has 1 fully saturated rings. The van der Waals surface area contributed by atoms with Crippen LogP contribution in [0.3, 0.4) is 0 Å². The molecular formula is C12H17N3S. The van der Waals surface area contributed by atoms with Crippen LogP contribution in [0.1, 0.15) is 32.1 Å². The number of hydrogen-bond donors (Lipinski definition) is 1. The molecule has 2 rings (SSSR count). The SMILES string of the molecule is NC(=S)N(c1ccncc1)C1CCCCC1. The summed E-state index contributed by atoms with van der Waals surface area (Å²) in [4.78, 5) is 6.10. The average molecular weight is 235 g/mol. The van der Waals surface area contributed by atoms with Crippen LogP contribution in [-0.2, 0) is 0 Å². The zero-order valence-electron chi connectivity index (χ0n) is 9.30. The zero-order chi connectivity index (χ0) is 11.4. The third kappa shape index (κ3) is 2.50. The van der Waals surface area contributed by atoms with E-state index in [0.29, 0.717) is 11.2 Å². The van der Waals surface area contributed by atoms with Crippen LogP contribution < -0.4 is 10.6 Å². The first-order valence-corrected chi connectivity index (χ1v) is 6.18. The third-order valence-electron chi connectivity index (χ3n) is 3.12. The Kier molecular flexibility index (Phi) is 3.72. The summed E-state index contributed by atoms with van der Waals surface area (Å²) in [6.07, 6.45) is 9.80. The zero-order valence-corrected chi connectivity index (χ0v) is 10.1. The van der Waals surface area contributed by atoms with E-state index in [0.717, 1.165) is 5.69 Å². The lowest BCUT2D eigenvalue weighted by atomic mass is 9.94. The van der Waals surface area contributed by atoms with Gasteiger partial charge in [-0.3, -0.25) is 4.98 Å². The number of anilines is 1. The molecule has 0 spiro atoms. The molecule has 1 aromatic heterocycles. The highest BCUT2D eigenvalue weighted by molar-refractivity contribution is 7.80. The van der Waals surface area contributed by atoms with Crippen molar-refractivity contribution in [2.75, 3.05) is 4.90 Å². The molecule has 1 aliphatic rings. The molecular weight excluding hydrogens is 218 g/mol. The quantitative estimate of drug-likeness (QED) is 0.800. The van der Waals surface area contributed by atoms with E-state index in [9.17, 15) is 0 Å². The second-order valence-corrected chi connectivity index (χ2v) is 4.62. The van der Waals surface area contributed by atoms with Crippen molar-refractivity contribution >= 4 is 23.0 Å². The Morgan fingerprint density at radius 3 is 2.44 bits per heavy atom. The normalized spacial score (nSPS) is 17.0. The van der Waals surface area contributed by atoms with E-state index < -0.39 is 0 Å². The maximum absolute atomic E-state index is 5.84. The monoisotopic (exact) mass is 235 g/mol. The summed E-state index contributed by atoms with van der Waals surface area (Å²) >= 11 is 5.16. The second-order valence-electron chi connectivity index (χ2n) is 4.21. The summed E-state index contributed by atoms with van der Waals surface area (Å²) in [6.45, 7) is 0. The van der Waals surface area contributed by atoms with Gasteiger partial charge in [-0.15, -0.1) is 0 Å². The molecule has 3 nitrogen and oxygen atoms in total. The summed E-state index contributed by atoms with van der Waals surface area (Å²) in [6, 6.07) is 4.40. The molecule has 0 saturated heterocycles. The Morgan fingerprint density at radius 1 is 1.25 bits per heavy atom. The van der Waals surface area contributed by atoms with Gasteiger partial charge in [0.1, 0.15) is 0 Å². The topological polar surface area (TPSA) is 42.1 Å². The van der Waals surface area contributed by atoms with Crippen molar-refractivity contribution < 1.29 is 0 Å². The predicted molar refractivity (Wildman–Crippen MR) is 70.4 cm³/mol. The van der Waals surface area contributed by atoms with Gasteiger partial charge in [0, 0.05) is 24.1 Å². The Hall–Kier alpha value is -1.16. The molecule has 0 radical (unpaired) electrons. The van der Waals surface area contributed by atoms with Crippen LogP contribution in [0.25, 0.3) is 0 Å². The lowest BCUT2D eigenvalue weighted by Gasteiger charge is -2.34. The molecule has 1 aliphatic carbocycles. The van der Waals surface area contributed by atoms with Crippen LogP contribution in [0.15, 0.2) is 24.5 Å². The van der Waals surface area contributed by atoms with Gasteiger partial charge >= 0.3 is 0 Å². The molecule has 0 bridgehead atoms. The smallest absolute Gasteiger partial charge is 0.171 e. The van der Waals surface area contributed by atoms with Crippen molar-refractivity contribution in [1.29, 1.82) is 0 Å². The number of pyridine rings is 1. The lowest BCUT2D eigenvalue weighted by Crippen LogP contribution is -2.44. The fourth-order valence-corrected chi connectivity index (χ4v) is 2.62. The lowest BCUT2D eigenvalue weighted by molar-refractivity contribution is 0.440. The summed E-state index contributed by atoms with van der Waals surface area (Å²) in [5.41, 5.74) is 6.90. The Morgan fingerprint density at radius 2 is 1.88 bits per heavy atom. The number of thiocarbonyl (C=S) groups is 1. The number of rotatable bonds is 2. The van der Waals surface area contributed by atoms with Crippen LogP contribution >= 0.6 is 12.2 Å². The summed E-state index contributed by atoms with van der Waals surface area (Å²) < 4.78 is 0. The Balaban J connectivity index is 2.20. The van der Waals surface area contributed by atoms with Crippen LogP contribution in [0, 0.1) is 0 Å². The maximum Gasteiger partial charge on any atom is 0.171 e. The van der Waals surface area contributed by atoms with Gasteiger partial charge in [-0.25, -0.2) is 0 Å². The van der Waals surface area contributed by atoms with Gasteiger partial charge in [-0.2, -0.15) is 0 Å². The molecule has 1 saturated carbocycles. The van der Waals surface area contributed by atoms with Crippen LogP contribution in [0.5, 0.6) is 0 Å². The van der Waals surface area contributed by atoms with Gasteiger partial charge in [-0.1, -0.05) is 19.3 Å². The van der Waals surface area contributed by atoms with E-state index in [1.807, 2.05) is 12.1 Å². The highest BCUT2D eigenvalue weighted by atomic mass is 32.1. The van der Waals surface area contributed by atoms with Gasteiger partial charge in [-0.05, 0) is 37.2 Å². The number of hydrogen-bond acceptors (Lipinski definition) is 2. The first-order valence-electron chi connectivity index (χ1n) is 5.78. The van der Waals surface area contributed by atoms with E-state index in [1.54, 1.807) is 12.4 Å². The van der Waals surface area contributed by atoms with Crippen molar-refractivity contribution in [3.63, 3.8) is 0 Å². The molecule has 0 amide bonds. The third-order valence-corrected chi connectivity index (χ3v) is 3.31. The molecule has 1 aromatic rings. The minimum absolute atomic E-state index is 0.466. The molecule has 0 unspecified atom stereocenters. The van der Waals surface area contributed by atoms with Crippen LogP contribution in [0.4, 0.5) is 5.69 Å². The Labute approximate surface area is 102 Å². The summed E-state index contributed by atoms with van der Waals surface area (Å²) in [5.74, 6) is 0. The van der Waals surface area contributed by atoms with Crippen LogP contribution in [-0.4, -0.2) is 16.1 Å². The molecule has 0 aliphatic heterocycles. The second kappa shape index (κ2) is 5.25. The van der Waals surface area contributed by atoms with Crippen molar-refractivity contribution in [1.82, 2.24) is 4.98 Å². The van der Waals surface area contributed by atoms with Crippen molar-refractivity contribution in [2.24, 2.45) is 5.73 Å². The summed E-state index contributed by atoms with van der Waals surface area (Å²) in [7, 11) is 0. The first kappa shape index (κ1) is 11.3. The maximum atomic E-state index is 5.84. The van der Waals surface area contributed by atoms with Crippen molar-refractivity contribution in [2.45, 2.75) is 38.1 Å². The fraction of sp³-hybridized carbons (Fsp3) is 0.500. The van der Waals surface area contributed by atoms with E-state index in [4.69, 9.17) is 18.0 Å². The minimum Gasteiger partial charge on any atom is -0.376 e. The molecule has 0 aromatic carbocycles. The highest BCUT2D eigenvalue weighted by Gasteiger charge is 2.23. The van der Waals surface area contributed by atoms with Crippen molar-refractivity contribution in [3.8, 4) is 0 Å². The number of aromatic nitrogens is 1. The number of nitrogens with zero attached hydrogens (tertiary/aromatic N) is 2. The van der Waals surface area contributed by atoms with Gasteiger partial charge in [0.05, 0.1) is 0 Å². The average Bonchev–Trinajstić information content (AvgIpc) is 2.31. The van der Waals surface area contributed by atoms with E-state index in [1.165, 1.54) is 32.1 Å². The molecule has 1 heterocycles. The highest BCUT2D eigenvalue weighted by Crippen LogP contribution is 2.26. The molecule has 4 heteroatoms. The van der Waals surface area contributed by atoms with E-state index in [2.05, 4.69) is 9.88 Å². The van der Waals surface area contributed by atoms with Gasteiger partial charge in [0.15, 0.2) is 5.11 Å². The summed E-state index contributed by atoms with van der Waals surface area (Å²) in [5, 5.41) is 0.470. The first-order chi connectivity index (χ1) is 7.79. The standard InChI is InChI=1S/C12H17N3S/c13-12(16)15(10-4-2-1-3-5-10)11-6-8-14-9-7-11/h6-10H,1-5H2,(H2,13,16). The van der Waals surface area contributed by atoms with Gasteiger partial charge < -0.3 is 10.6 Å². The largest absolute Gasteiger partial charge is 0.376 e. The van der Waals surface area contributed by atoms with Gasteiger partial charge in [0.25, 0.3) is 0 Å². The fourth-order valence-electron chi connectivity index (χ4n) is 2.36. The molecule has 0 atom stereocenters. The predicted octanol–water partition coefficient (Wildman–Crippen LogP) is 2.46.